The molecule has 0 N–H and O–H groups in total. The number of benzene rings is 2. The predicted molar refractivity (Wildman–Crippen MR) is 234 cm³/mol. The second-order valence-electron chi connectivity index (χ2n) is 21.2. The predicted octanol–water partition coefficient (Wildman–Crippen LogP) is 14.0. The Morgan fingerprint density at radius 1 is 0.589 bits per heavy atom. The van der Waals surface area contributed by atoms with Gasteiger partial charge in [0, 0.05) is 0 Å². The summed E-state index contributed by atoms with van der Waals surface area (Å²) in [5.74, 6) is 4.11. The third-order valence-corrected chi connectivity index (χ3v) is 32.0. The topological polar surface area (TPSA) is 18.5 Å². The molecule has 2 aromatic rings. The van der Waals surface area contributed by atoms with Gasteiger partial charge in [-0.25, -0.2) is 0 Å². The number of hydrogen-bond donors (Lipinski definition) is 0. The van der Waals surface area contributed by atoms with Crippen molar-refractivity contribution in [3.05, 3.63) is 153 Å². The normalized spacial score (nSPS) is 34.1. The summed E-state index contributed by atoms with van der Waals surface area (Å²) in [6.45, 7) is 28.9. The van der Waals surface area contributed by atoms with Crippen molar-refractivity contribution in [3.63, 3.8) is 0 Å². The number of aryl methyl sites for hydroxylation is 2. The van der Waals surface area contributed by atoms with Crippen molar-refractivity contribution in [3.8, 4) is 11.5 Å². The fourth-order valence-corrected chi connectivity index (χ4v) is 33.1. The molecule has 0 aromatic heterocycles. The summed E-state index contributed by atoms with van der Waals surface area (Å²) in [4.78, 5) is 0. The zero-order valence-electron chi connectivity index (χ0n) is 36.1. The molecule has 56 heavy (non-hydrogen) atoms. The van der Waals surface area contributed by atoms with Crippen molar-refractivity contribution in [1.82, 2.24) is 0 Å². The summed E-state index contributed by atoms with van der Waals surface area (Å²) >= 11 is -5.09. The van der Waals surface area contributed by atoms with Crippen LogP contribution in [0.2, 0.25) is 19.3 Å². The minimum atomic E-state index is -5.09. The van der Waals surface area contributed by atoms with E-state index in [-0.39, 0.29) is 28.9 Å². The van der Waals surface area contributed by atoms with Crippen LogP contribution in [0.1, 0.15) is 90.5 Å². The van der Waals surface area contributed by atoms with Crippen LogP contribution in [0.4, 0.5) is 0 Å². The summed E-state index contributed by atoms with van der Waals surface area (Å²) < 4.78 is 16.7. The van der Waals surface area contributed by atoms with Crippen LogP contribution >= 0.6 is 0 Å². The molecule has 1 aliphatic heterocycles. The van der Waals surface area contributed by atoms with Crippen molar-refractivity contribution in [2.75, 3.05) is 0 Å². The molecule has 2 aromatic carbocycles. The van der Waals surface area contributed by atoms with Gasteiger partial charge in [-0.1, -0.05) is 0 Å². The summed E-state index contributed by atoms with van der Waals surface area (Å²) in [7, 11) is -2.12. The fourth-order valence-electron chi connectivity index (χ4n) is 13.5. The van der Waals surface area contributed by atoms with E-state index in [0.29, 0.717) is 23.7 Å². The van der Waals surface area contributed by atoms with Crippen LogP contribution < -0.4 is 5.63 Å². The number of hydrogen-bond acceptors (Lipinski definition) is 2. The van der Waals surface area contributed by atoms with Crippen molar-refractivity contribution < 1.29 is 26.8 Å². The molecule has 7 aliphatic rings. The van der Waals surface area contributed by atoms with Gasteiger partial charge in [-0.2, -0.15) is 0 Å². The Labute approximate surface area is 345 Å². The molecule has 292 valence electrons. The first-order valence-corrected chi connectivity index (χ1v) is 28.9. The summed E-state index contributed by atoms with van der Waals surface area (Å²) in [6.07, 6.45) is 32.7. The molecule has 4 heteroatoms. The van der Waals surface area contributed by atoms with E-state index in [9.17, 15) is 0 Å². The quantitative estimate of drug-likeness (QED) is 0.286. The first-order chi connectivity index (χ1) is 26.4. The zero-order chi connectivity index (χ0) is 39.8. The molecule has 8 atom stereocenters. The van der Waals surface area contributed by atoms with E-state index in [1.165, 1.54) is 33.4 Å². The van der Waals surface area contributed by atoms with Crippen LogP contribution in [0.3, 0.4) is 0 Å². The van der Waals surface area contributed by atoms with Gasteiger partial charge in [0.15, 0.2) is 0 Å². The van der Waals surface area contributed by atoms with Gasteiger partial charge >= 0.3 is 347 Å². The van der Waals surface area contributed by atoms with Gasteiger partial charge in [0.1, 0.15) is 0 Å². The Bertz CT molecular complexity index is 2100. The van der Waals surface area contributed by atoms with Crippen LogP contribution in [0, 0.1) is 49.4 Å². The molecule has 1 saturated heterocycles. The van der Waals surface area contributed by atoms with Gasteiger partial charge < -0.3 is 0 Å². The number of allylic oxidation sites excluding steroid dienone is 16. The monoisotopic (exact) mass is 838 g/mol. The molecule has 1 heterocycles. The van der Waals surface area contributed by atoms with E-state index >= 15 is 0 Å². The second kappa shape index (κ2) is 12.8. The molecule has 9 rings (SSSR count). The van der Waals surface area contributed by atoms with E-state index in [1.807, 2.05) is 0 Å². The van der Waals surface area contributed by atoms with Crippen molar-refractivity contribution in [2.24, 2.45) is 35.5 Å². The van der Waals surface area contributed by atoms with E-state index in [4.69, 9.17) is 5.63 Å². The van der Waals surface area contributed by atoms with E-state index < -0.39 is 29.2 Å². The SMILES string of the molecule is CC1=C2C3CC4C=CC=C[C]4(C3C=C1)[Zr]([O]c1ccc(C)cc1C(C)(C)C)([O]c1ccc(C)cc1C(C)(C)C)[C]13C=CC=CC1CC1C(=C(C)C=CC13)[Si]2(C)C. The second-order valence-corrected chi connectivity index (χ2v) is 33.8. The van der Waals surface area contributed by atoms with Gasteiger partial charge in [-0.05, 0) is 0 Å². The van der Waals surface area contributed by atoms with Crippen molar-refractivity contribution in [2.45, 2.75) is 112 Å². The standard InChI is InChI=1S/C30H34Si.2C11H16O.Zr/c1-19-13-15-25-23-11-7-5-9-21(23)17-27(25)29(19)31(3,4)30-20(2)14-16-26-24-12-8-6-10-22(24)18-28(26)30;2*1-8-5-6-10(12)9(7-8)11(2,3)4;/h5-16,21-22,25-28H,17-18H2,1-4H3;2*5-7,12H,1-4H3;/q;;;+2/p-2. The van der Waals surface area contributed by atoms with Gasteiger partial charge in [0.25, 0.3) is 0 Å². The average molecular weight is 840 g/mol. The molecule has 0 radical (unpaired) electrons. The van der Waals surface area contributed by atoms with Crippen LogP contribution in [0.15, 0.2) is 131 Å². The molecule has 3 fully saturated rings. The maximum absolute atomic E-state index is 8.69. The molecular formula is C52H64O2SiZr. The summed E-state index contributed by atoms with van der Waals surface area (Å²) in [6, 6.07) is 14.0. The third kappa shape index (κ3) is 5.19. The summed E-state index contributed by atoms with van der Waals surface area (Å²) in [5, 5.41) is 3.58. The van der Waals surface area contributed by atoms with E-state index in [2.05, 4.69) is 192 Å². The Morgan fingerprint density at radius 2 is 1.00 bits per heavy atom. The Balaban J connectivity index is 1.48. The van der Waals surface area contributed by atoms with Crippen LogP contribution in [0.5, 0.6) is 11.5 Å². The van der Waals surface area contributed by atoms with E-state index in [1.54, 1.807) is 10.4 Å². The first-order valence-electron chi connectivity index (χ1n) is 21.5. The Kier molecular flexibility index (Phi) is 8.80. The van der Waals surface area contributed by atoms with E-state index in [0.717, 1.165) is 24.3 Å². The van der Waals surface area contributed by atoms with Crippen LogP contribution in [-0.2, 0) is 32.0 Å². The average Bonchev–Trinajstić information content (AvgIpc) is 3.65. The number of rotatable bonds is 4. The molecule has 8 bridgehead atoms. The van der Waals surface area contributed by atoms with Crippen LogP contribution in [0.25, 0.3) is 0 Å². The van der Waals surface area contributed by atoms with Gasteiger partial charge in [0.05, 0.1) is 0 Å². The summed E-state index contributed by atoms with van der Waals surface area (Å²) in [5.41, 5.74) is 7.91. The van der Waals surface area contributed by atoms with Crippen LogP contribution in [-0.4, -0.2) is 8.07 Å². The molecule has 2 spiro atoms. The zero-order valence-corrected chi connectivity index (χ0v) is 39.5. The van der Waals surface area contributed by atoms with Gasteiger partial charge in [-0.15, -0.1) is 0 Å². The first kappa shape index (κ1) is 38.6. The molecular weight excluding hydrogens is 776 g/mol. The fraction of sp³-hybridized carbons (Fsp3) is 0.462. The molecule has 2 saturated carbocycles. The molecule has 2 nitrogen and oxygen atoms in total. The molecule has 0 amide bonds. The van der Waals surface area contributed by atoms with Crippen molar-refractivity contribution >= 4 is 8.07 Å². The Morgan fingerprint density at radius 3 is 1.39 bits per heavy atom. The van der Waals surface area contributed by atoms with Crippen molar-refractivity contribution in [1.29, 1.82) is 0 Å². The van der Waals surface area contributed by atoms with Gasteiger partial charge in [0.2, 0.25) is 0 Å². The Hall–Kier alpha value is -2.94. The minimum absolute atomic E-state index is 0.120. The van der Waals surface area contributed by atoms with Gasteiger partial charge in [-0.3, -0.25) is 0 Å². The maximum atomic E-state index is 8.69. The molecule has 8 unspecified atom stereocenters. The third-order valence-electron chi connectivity index (χ3n) is 15.4. The molecule has 6 aliphatic carbocycles.